The zero-order valence-electron chi connectivity index (χ0n) is 23.9. The molecule has 222 valence electrons. The van der Waals surface area contributed by atoms with Gasteiger partial charge in [0.25, 0.3) is 5.69 Å². The summed E-state index contributed by atoms with van der Waals surface area (Å²) in [5.41, 5.74) is 1.12. The van der Waals surface area contributed by atoms with Crippen LogP contribution < -0.4 is 10.1 Å². The number of anilines is 1. The van der Waals surface area contributed by atoms with Gasteiger partial charge in [0.1, 0.15) is 17.2 Å². The van der Waals surface area contributed by atoms with E-state index in [0.717, 1.165) is 11.1 Å². The van der Waals surface area contributed by atoms with Gasteiger partial charge in [-0.3, -0.25) is 29.3 Å². The number of nitro groups is 1. The maximum atomic E-state index is 14.9. The predicted octanol–water partition coefficient (Wildman–Crippen LogP) is 5.50. The summed E-state index contributed by atoms with van der Waals surface area (Å²) < 4.78 is 5.14. The third kappa shape index (κ3) is 4.17. The number of para-hydroxylation sites is 1. The Labute approximate surface area is 257 Å². The van der Waals surface area contributed by atoms with E-state index in [2.05, 4.69) is 5.32 Å². The lowest BCUT2D eigenvalue weighted by molar-refractivity contribution is -0.384. The fourth-order valence-corrected chi connectivity index (χ4v) is 7.14. The summed E-state index contributed by atoms with van der Waals surface area (Å²) in [7, 11) is 0. The number of hydrogen-bond donors (Lipinski definition) is 1. The van der Waals surface area contributed by atoms with Crippen molar-refractivity contribution in [1.82, 2.24) is 4.90 Å². The fourth-order valence-electron chi connectivity index (χ4n) is 7.14. The van der Waals surface area contributed by atoms with Gasteiger partial charge in [-0.15, -0.1) is 0 Å². The molecule has 0 unspecified atom stereocenters. The lowest BCUT2D eigenvalue weighted by atomic mass is 9.62. The highest BCUT2D eigenvalue weighted by Crippen LogP contribution is 2.62. The average molecular weight is 600 g/mol. The lowest BCUT2D eigenvalue weighted by Crippen LogP contribution is -2.49. The van der Waals surface area contributed by atoms with Gasteiger partial charge in [-0.05, 0) is 53.1 Å². The number of ketones is 2. The first-order chi connectivity index (χ1) is 21.7. The summed E-state index contributed by atoms with van der Waals surface area (Å²) in [6.45, 7) is 1.27. The molecular weight excluding hydrogens is 574 g/mol. The van der Waals surface area contributed by atoms with Crippen LogP contribution >= 0.6 is 0 Å². The van der Waals surface area contributed by atoms with Crippen molar-refractivity contribution >= 4 is 40.9 Å². The first-order valence-corrected chi connectivity index (χ1v) is 14.3. The Kier molecular flexibility index (Phi) is 6.43. The normalized spacial score (nSPS) is 22.3. The molecular formula is C35H25N3O7. The van der Waals surface area contributed by atoms with E-state index < -0.39 is 51.8 Å². The third-order valence-corrected chi connectivity index (χ3v) is 8.86. The summed E-state index contributed by atoms with van der Waals surface area (Å²) in [5.74, 6) is -2.99. The number of carbonyl (C=O) groups excluding carboxylic acids is 4. The summed E-state index contributed by atoms with van der Waals surface area (Å²) in [6.07, 6.45) is 3.60. The Balaban J connectivity index is 1.48. The Hall–Kier alpha value is -5.90. The van der Waals surface area contributed by atoms with Gasteiger partial charge in [0, 0.05) is 42.1 Å². The van der Waals surface area contributed by atoms with Crippen LogP contribution in [0.15, 0.2) is 103 Å². The molecule has 4 atom stereocenters. The van der Waals surface area contributed by atoms with Crippen LogP contribution in [0.3, 0.4) is 0 Å². The number of rotatable bonds is 6. The number of ether oxygens (including phenoxy) is 1. The summed E-state index contributed by atoms with van der Waals surface area (Å²) in [5, 5.41) is 14.7. The molecule has 0 radical (unpaired) electrons. The number of nitrogens with one attached hydrogen (secondary N) is 1. The zero-order chi connectivity index (χ0) is 31.5. The molecule has 1 amide bonds. The number of benzene rings is 4. The van der Waals surface area contributed by atoms with Crippen molar-refractivity contribution in [3.63, 3.8) is 0 Å². The molecule has 7 rings (SSSR count). The number of esters is 1. The van der Waals surface area contributed by atoms with Crippen LogP contribution in [0.1, 0.15) is 50.4 Å². The maximum absolute atomic E-state index is 14.9. The monoisotopic (exact) mass is 599 g/mol. The molecule has 0 bridgehead atoms. The first-order valence-electron chi connectivity index (χ1n) is 14.3. The number of nitro benzene ring substituents is 1. The van der Waals surface area contributed by atoms with Gasteiger partial charge < -0.3 is 15.0 Å². The molecule has 45 heavy (non-hydrogen) atoms. The van der Waals surface area contributed by atoms with Crippen molar-refractivity contribution in [2.75, 3.05) is 5.32 Å². The van der Waals surface area contributed by atoms with Gasteiger partial charge in [0.2, 0.25) is 5.91 Å². The Morgan fingerprint density at radius 1 is 0.889 bits per heavy atom. The van der Waals surface area contributed by atoms with Gasteiger partial charge >= 0.3 is 5.97 Å². The maximum Gasteiger partial charge on any atom is 0.308 e. The van der Waals surface area contributed by atoms with E-state index in [1.54, 1.807) is 35.4 Å². The molecule has 3 aliphatic heterocycles. The van der Waals surface area contributed by atoms with Gasteiger partial charge in [0.05, 0.1) is 16.9 Å². The molecule has 1 N–H and O–H groups in total. The highest BCUT2D eigenvalue weighted by atomic mass is 16.6. The van der Waals surface area contributed by atoms with Crippen LogP contribution in [0, 0.1) is 16.0 Å². The van der Waals surface area contributed by atoms with Crippen LogP contribution in [0.25, 0.3) is 6.08 Å². The minimum Gasteiger partial charge on any atom is -0.427 e. The number of fused-ring (bicyclic) bond motifs is 6. The Morgan fingerprint density at radius 3 is 2.38 bits per heavy atom. The quantitative estimate of drug-likeness (QED) is 0.101. The van der Waals surface area contributed by atoms with Gasteiger partial charge in [-0.25, -0.2) is 0 Å². The zero-order valence-corrected chi connectivity index (χ0v) is 23.9. The smallest absolute Gasteiger partial charge is 0.308 e. The van der Waals surface area contributed by atoms with Crippen molar-refractivity contribution < 1.29 is 28.8 Å². The molecule has 0 aromatic heterocycles. The largest absolute Gasteiger partial charge is 0.427 e. The number of carbonyl (C=O) groups is 4. The topological polar surface area (TPSA) is 136 Å². The van der Waals surface area contributed by atoms with Gasteiger partial charge in [-0.2, -0.15) is 0 Å². The molecule has 3 heterocycles. The van der Waals surface area contributed by atoms with Crippen molar-refractivity contribution in [3.8, 4) is 5.75 Å². The summed E-state index contributed by atoms with van der Waals surface area (Å²) in [4.78, 5) is 68.4. The van der Waals surface area contributed by atoms with Crippen LogP contribution in [-0.4, -0.2) is 39.3 Å². The van der Waals surface area contributed by atoms with Crippen molar-refractivity contribution in [1.29, 1.82) is 0 Å². The Morgan fingerprint density at radius 2 is 1.62 bits per heavy atom. The number of Topliss-reactive ketones (excluding diaryl/α,β-unsaturated/α-hetero) is 2. The van der Waals surface area contributed by atoms with E-state index >= 15 is 0 Å². The highest BCUT2D eigenvalue weighted by molar-refractivity contribution is 6.16. The second-order valence-electron chi connectivity index (χ2n) is 11.2. The number of hydrogen-bond acceptors (Lipinski definition) is 8. The summed E-state index contributed by atoms with van der Waals surface area (Å²) >= 11 is 0. The third-order valence-electron chi connectivity index (χ3n) is 8.86. The molecule has 10 nitrogen and oxygen atoms in total. The van der Waals surface area contributed by atoms with E-state index in [0.29, 0.717) is 11.3 Å². The molecule has 4 aromatic rings. The van der Waals surface area contributed by atoms with Crippen LogP contribution in [0.4, 0.5) is 11.4 Å². The van der Waals surface area contributed by atoms with Crippen molar-refractivity contribution in [3.05, 3.63) is 141 Å². The molecule has 10 heteroatoms. The molecule has 1 fully saturated rings. The minimum atomic E-state index is -1.57. The predicted molar refractivity (Wildman–Crippen MR) is 164 cm³/mol. The van der Waals surface area contributed by atoms with E-state index in [-0.39, 0.29) is 22.6 Å². The Bertz CT molecular complexity index is 1970. The molecule has 1 saturated heterocycles. The van der Waals surface area contributed by atoms with Crippen molar-refractivity contribution in [2.45, 2.75) is 24.4 Å². The average Bonchev–Trinajstić information content (AvgIpc) is 3.52. The number of non-ortho nitro benzene ring substituents is 1. The lowest BCUT2D eigenvalue weighted by Gasteiger charge is -2.38. The van der Waals surface area contributed by atoms with E-state index in [9.17, 15) is 29.3 Å². The molecule has 0 saturated carbocycles. The van der Waals surface area contributed by atoms with Gasteiger partial charge in [-0.1, -0.05) is 54.6 Å². The summed E-state index contributed by atoms with van der Waals surface area (Å²) in [6, 6.07) is 24.1. The number of amides is 1. The van der Waals surface area contributed by atoms with Gasteiger partial charge in [0.15, 0.2) is 11.6 Å². The van der Waals surface area contributed by atoms with E-state index in [4.69, 9.17) is 4.74 Å². The molecule has 1 spiro atoms. The highest BCUT2D eigenvalue weighted by Gasteiger charge is 2.70. The van der Waals surface area contributed by atoms with Crippen LogP contribution in [-0.2, 0) is 15.0 Å². The van der Waals surface area contributed by atoms with Crippen molar-refractivity contribution in [2.24, 2.45) is 5.92 Å². The van der Waals surface area contributed by atoms with E-state index in [1.165, 1.54) is 55.5 Å². The minimum absolute atomic E-state index is 0.0193. The molecule has 3 aliphatic rings. The second-order valence-corrected chi connectivity index (χ2v) is 11.2. The van der Waals surface area contributed by atoms with Crippen LogP contribution in [0.2, 0.25) is 0 Å². The van der Waals surface area contributed by atoms with Crippen LogP contribution in [0.5, 0.6) is 5.75 Å². The number of nitrogens with zero attached hydrogens (tertiary/aromatic N) is 2. The first kappa shape index (κ1) is 27.9. The van der Waals surface area contributed by atoms with E-state index in [1.807, 2.05) is 30.3 Å². The standard InChI is InChI=1S/C35H25N3O7/c1-20(39)45-25-15-13-22(14-16-25)32(41)30-29(31(40)23-8-6-9-24(19-23)38(43)44)35(27-11-4-5-12-28(27)36-34(35)42)33-26-10-3-2-7-21(26)17-18-37(30)33/h2-19,29-30,33H,1H3,(H,36,42)/t29-,30+,33+,35-/m0/s1. The molecule has 4 aromatic carbocycles. The molecule has 0 aliphatic carbocycles. The SMILES string of the molecule is CC(=O)Oc1ccc(C(=O)[C@H]2[C@@H](C(=O)c3cccc([N+](=O)[O-])c3)[C@]3(C(=O)Nc4ccccc43)[C@H]3c4ccccc4C=CN23)cc1. The fraction of sp³-hybridized carbons (Fsp3) is 0.143. The second kappa shape index (κ2) is 10.4.